The van der Waals surface area contributed by atoms with Gasteiger partial charge < -0.3 is 0 Å². The molecule has 0 aliphatic rings. The van der Waals surface area contributed by atoms with Gasteiger partial charge in [0, 0.05) is 19.5 Å². The Morgan fingerprint density at radius 3 is 2.80 bits per heavy atom. The van der Waals surface area contributed by atoms with Crippen molar-refractivity contribution in [2.24, 2.45) is 7.05 Å². The molecule has 1 aromatic carbocycles. The molecule has 2 rings (SSSR count). The maximum Gasteiger partial charge on any atom is 0.368 e. The first-order chi connectivity index (χ1) is 9.50. The molecule has 1 heterocycles. The normalized spacial score (nSPS) is 10.6. The van der Waals surface area contributed by atoms with E-state index in [0.29, 0.717) is 0 Å². The molecule has 0 radical (unpaired) electrons. The minimum absolute atomic E-state index is 0.0869. The highest BCUT2D eigenvalue weighted by atomic mass is 19.1. The number of aromatic nitrogens is 4. The van der Waals surface area contributed by atoms with Crippen molar-refractivity contribution in [3.8, 4) is 5.69 Å². The predicted molar refractivity (Wildman–Crippen MR) is 65.2 cm³/mol. The van der Waals surface area contributed by atoms with Gasteiger partial charge in [0.1, 0.15) is 12.4 Å². The zero-order chi connectivity index (χ0) is 14.7. The van der Waals surface area contributed by atoms with E-state index in [1.807, 2.05) is 0 Å². The van der Waals surface area contributed by atoms with Crippen molar-refractivity contribution < 1.29 is 14.0 Å². The summed E-state index contributed by atoms with van der Waals surface area (Å²) in [5, 5.41) is 7.19. The van der Waals surface area contributed by atoms with E-state index in [-0.39, 0.29) is 17.9 Å². The van der Waals surface area contributed by atoms with Crippen LogP contribution in [0.4, 0.5) is 4.39 Å². The van der Waals surface area contributed by atoms with Gasteiger partial charge in [-0.25, -0.2) is 14.7 Å². The third kappa shape index (κ3) is 2.72. The lowest BCUT2D eigenvalue weighted by molar-refractivity contribution is -0.132. The van der Waals surface area contributed by atoms with E-state index in [0.717, 1.165) is 9.36 Å². The fraction of sp³-hybridized carbons (Fsp3) is 0.273. The lowest BCUT2D eigenvalue weighted by Crippen LogP contribution is -2.24. The number of hydrogen-bond donors (Lipinski definition) is 1. The Morgan fingerprint density at radius 2 is 2.20 bits per heavy atom. The van der Waals surface area contributed by atoms with Crippen LogP contribution in [0.15, 0.2) is 23.0 Å². The third-order valence-corrected chi connectivity index (χ3v) is 2.48. The molecule has 0 aliphatic carbocycles. The van der Waals surface area contributed by atoms with Crippen LogP contribution in [0, 0.1) is 5.82 Å². The second kappa shape index (κ2) is 5.61. The van der Waals surface area contributed by atoms with Crippen molar-refractivity contribution in [3.05, 3.63) is 40.1 Å². The van der Waals surface area contributed by atoms with Gasteiger partial charge in [-0.2, -0.15) is 9.36 Å². The van der Waals surface area contributed by atoms with Gasteiger partial charge >= 0.3 is 5.69 Å². The molecule has 1 amide bonds. The number of tetrazole rings is 1. The lowest BCUT2D eigenvalue weighted by Gasteiger charge is -2.09. The third-order valence-electron chi connectivity index (χ3n) is 2.48. The van der Waals surface area contributed by atoms with Gasteiger partial charge in [0.05, 0.1) is 5.69 Å². The minimum Gasteiger partial charge on any atom is -0.273 e. The van der Waals surface area contributed by atoms with E-state index < -0.39 is 17.4 Å². The first kappa shape index (κ1) is 13.9. The van der Waals surface area contributed by atoms with E-state index in [4.69, 9.17) is 4.84 Å². The molecule has 0 bridgehead atoms. The van der Waals surface area contributed by atoms with Crippen LogP contribution >= 0.6 is 0 Å². The maximum atomic E-state index is 13.8. The summed E-state index contributed by atoms with van der Waals surface area (Å²) in [4.78, 5) is 27.4. The minimum atomic E-state index is -0.578. The number of carbonyl (C=O) groups is 1. The van der Waals surface area contributed by atoms with Crippen LogP contribution in [0.25, 0.3) is 5.69 Å². The van der Waals surface area contributed by atoms with Gasteiger partial charge in [-0.15, -0.1) is 0 Å². The van der Waals surface area contributed by atoms with Crippen LogP contribution in [0.5, 0.6) is 0 Å². The average Bonchev–Trinajstić information content (AvgIpc) is 2.72. The van der Waals surface area contributed by atoms with Crippen LogP contribution in [0.2, 0.25) is 0 Å². The van der Waals surface area contributed by atoms with Crippen LogP contribution in [-0.2, 0) is 23.3 Å². The highest BCUT2D eigenvalue weighted by molar-refractivity contribution is 5.71. The van der Waals surface area contributed by atoms with Gasteiger partial charge in [0.15, 0.2) is 0 Å². The molecular weight excluding hydrogens is 269 g/mol. The van der Waals surface area contributed by atoms with Crippen molar-refractivity contribution in [1.29, 1.82) is 0 Å². The molecular formula is C11H12FN5O3. The molecule has 0 atom stereocenters. The smallest absolute Gasteiger partial charge is 0.273 e. The highest BCUT2D eigenvalue weighted by Gasteiger charge is 2.15. The first-order valence-electron chi connectivity index (χ1n) is 5.66. The van der Waals surface area contributed by atoms with Crippen molar-refractivity contribution >= 4 is 5.91 Å². The summed E-state index contributed by atoms with van der Waals surface area (Å²) in [7, 11) is 1.43. The molecule has 0 fully saturated rings. The zero-order valence-electron chi connectivity index (χ0n) is 10.8. The standard InChI is InChI=1S/C11H12FN5O3/c1-7(18)13-20-6-8-9(12)4-3-5-10(8)17-11(19)16(2)14-15-17/h3-5H,6H2,1-2H3,(H,13,18). The summed E-state index contributed by atoms with van der Waals surface area (Å²) in [5.74, 6) is -0.995. The van der Waals surface area contributed by atoms with Crippen molar-refractivity contribution in [2.45, 2.75) is 13.5 Å². The lowest BCUT2D eigenvalue weighted by atomic mass is 10.2. The number of halogens is 1. The van der Waals surface area contributed by atoms with Crippen LogP contribution in [0.1, 0.15) is 12.5 Å². The van der Waals surface area contributed by atoms with Crippen molar-refractivity contribution in [3.63, 3.8) is 0 Å². The van der Waals surface area contributed by atoms with Gasteiger partial charge in [-0.05, 0) is 22.6 Å². The molecule has 0 aliphatic heterocycles. The SMILES string of the molecule is CC(=O)NOCc1c(F)cccc1-n1nnn(C)c1=O. The summed E-state index contributed by atoms with van der Waals surface area (Å²) in [6.07, 6.45) is 0. The monoisotopic (exact) mass is 281 g/mol. The van der Waals surface area contributed by atoms with Crippen LogP contribution < -0.4 is 11.2 Å². The zero-order valence-corrected chi connectivity index (χ0v) is 10.8. The molecule has 0 unspecified atom stereocenters. The van der Waals surface area contributed by atoms with E-state index >= 15 is 0 Å². The van der Waals surface area contributed by atoms with E-state index in [1.165, 1.54) is 32.2 Å². The molecule has 20 heavy (non-hydrogen) atoms. The molecule has 1 aromatic heterocycles. The number of hydroxylamine groups is 1. The molecule has 0 saturated carbocycles. The number of amides is 1. The van der Waals surface area contributed by atoms with Crippen molar-refractivity contribution in [2.75, 3.05) is 0 Å². The summed E-state index contributed by atoms with van der Waals surface area (Å²) in [6.45, 7) is 1.01. The van der Waals surface area contributed by atoms with E-state index in [9.17, 15) is 14.0 Å². The van der Waals surface area contributed by atoms with E-state index in [1.54, 1.807) is 0 Å². The molecule has 8 nitrogen and oxygen atoms in total. The first-order valence-corrected chi connectivity index (χ1v) is 5.66. The van der Waals surface area contributed by atoms with E-state index in [2.05, 4.69) is 15.9 Å². The Balaban J connectivity index is 2.38. The number of hydrogen-bond acceptors (Lipinski definition) is 5. The fourth-order valence-electron chi connectivity index (χ4n) is 1.56. The Morgan fingerprint density at radius 1 is 1.45 bits per heavy atom. The predicted octanol–water partition coefficient (Wildman–Crippen LogP) is -0.327. The summed E-state index contributed by atoms with van der Waals surface area (Å²) < 4.78 is 15.8. The maximum absolute atomic E-state index is 13.8. The molecule has 106 valence electrons. The number of rotatable bonds is 4. The molecule has 2 aromatic rings. The number of aryl methyl sites for hydroxylation is 1. The number of carbonyl (C=O) groups excluding carboxylic acids is 1. The largest absolute Gasteiger partial charge is 0.368 e. The Labute approximate surface area is 112 Å². The molecule has 0 saturated heterocycles. The van der Waals surface area contributed by atoms with Gasteiger partial charge in [0.2, 0.25) is 5.91 Å². The number of nitrogens with zero attached hydrogens (tertiary/aromatic N) is 4. The highest BCUT2D eigenvalue weighted by Crippen LogP contribution is 2.16. The average molecular weight is 281 g/mol. The molecule has 1 N–H and O–H groups in total. The van der Waals surface area contributed by atoms with Gasteiger partial charge in [0.25, 0.3) is 0 Å². The van der Waals surface area contributed by atoms with Gasteiger partial charge in [-0.1, -0.05) is 6.07 Å². The summed E-state index contributed by atoms with van der Waals surface area (Å²) in [5.41, 5.74) is 1.86. The summed E-state index contributed by atoms with van der Waals surface area (Å²) in [6, 6.07) is 4.16. The summed E-state index contributed by atoms with van der Waals surface area (Å²) >= 11 is 0. The van der Waals surface area contributed by atoms with Crippen LogP contribution in [0.3, 0.4) is 0 Å². The second-order valence-corrected chi connectivity index (χ2v) is 3.98. The van der Waals surface area contributed by atoms with Crippen LogP contribution in [-0.4, -0.2) is 25.7 Å². The number of nitrogens with one attached hydrogen (secondary N) is 1. The fourth-order valence-corrected chi connectivity index (χ4v) is 1.56. The number of benzene rings is 1. The second-order valence-electron chi connectivity index (χ2n) is 3.98. The van der Waals surface area contributed by atoms with Gasteiger partial charge in [-0.3, -0.25) is 9.63 Å². The molecule has 9 heteroatoms. The Hall–Kier alpha value is -2.55. The van der Waals surface area contributed by atoms with Crippen molar-refractivity contribution in [1.82, 2.24) is 25.3 Å². The molecule has 0 spiro atoms. The Kier molecular flexibility index (Phi) is 3.89. The topological polar surface area (TPSA) is 91.0 Å². The Bertz CT molecular complexity index is 694. The quantitative estimate of drug-likeness (QED) is 0.775.